The minimum atomic E-state index is -4.59. The van der Waals surface area contributed by atoms with Crippen LogP contribution in [0.3, 0.4) is 0 Å². The van der Waals surface area contributed by atoms with Crippen LogP contribution >= 0.6 is 0 Å². The molecule has 0 spiro atoms. The summed E-state index contributed by atoms with van der Waals surface area (Å²) in [5.74, 6) is -2.03. The van der Waals surface area contributed by atoms with Gasteiger partial charge >= 0.3 is 18.2 Å². The van der Waals surface area contributed by atoms with Gasteiger partial charge in [-0.2, -0.15) is 18.3 Å². The van der Waals surface area contributed by atoms with Gasteiger partial charge < -0.3 is 15.2 Å². The highest BCUT2D eigenvalue weighted by molar-refractivity contribution is 6.05. The number of carboxylic acids is 1. The van der Waals surface area contributed by atoms with E-state index in [9.17, 15) is 32.7 Å². The van der Waals surface area contributed by atoms with Gasteiger partial charge in [0.1, 0.15) is 5.56 Å². The third-order valence-corrected chi connectivity index (χ3v) is 5.19. The maximum atomic E-state index is 13.0. The topological polar surface area (TPSA) is 114 Å². The van der Waals surface area contributed by atoms with Crippen molar-refractivity contribution in [2.75, 3.05) is 23.9 Å². The molecule has 2 heterocycles. The van der Waals surface area contributed by atoms with Gasteiger partial charge in [0.25, 0.3) is 5.91 Å². The molecule has 0 radical (unpaired) electrons. The number of nitrogens with zero attached hydrogens (tertiary/aromatic N) is 3. The molecule has 12 heteroatoms. The predicted molar refractivity (Wildman–Crippen MR) is 118 cm³/mol. The zero-order valence-corrected chi connectivity index (χ0v) is 18.0. The Labute approximate surface area is 196 Å². The number of carbonyl (C=O) groups excluding carboxylic acids is 2. The molecular weight excluding hydrogens is 469 g/mol. The van der Waals surface area contributed by atoms with Gasteiger partial charge in [-0.15, -0.1) is 0 Å². The second kappa shape index (κ2) is 8.97. The Morgan fingerprint density at radius 3 is 2.54 bits per heavy atom. The summed E-state index contributed by atoms with van der Waals surface area (Å²) >= 11 is 0. The van der Waals surface area contributed by atoms with Gasteiger partial charge in [0.05, 0.1) is 31.1 Å². The highest BCUT2D eigenvalue weighted by Crippen LogP contribution is 2.33. The predicted octanol–water partition coefficient (Wildman–Crippen LogP) is 4.33. The molecule has 1 aliphatic heterocycles. The Morgan fingerprint density at radius 2 is 1.86 bits per heavy atom. The highest BCUT2D eigenvalue weighted by atomic mass is 19.4. The largest absolute Gasteiger partial charge is 0.477 e. The smallest absolute Gasteiger partial charge is 0.416 e. The van der Waals surface area contributed by atoms with E-state index in [-0.39, 0.29) is 29.2 Å². The van der Waals surface area contributed by atoms with Gasteiger partial charge in [-0.25, -0.2) is 14.3 Å². The Kier molecular flexibility index (Phi) is 6.03. The second-order valence-electron chi connectivity index (χ2n) is 7.38. The fourth-order valence-corrected chi connectivity index (χ4v) is 3.59. The van der Waals surface area contributed by atoms with Crippen LogP contribution in [0.2, 0.25) is 0 Å². The van der Waals surface area contributed by atoms with Crippen LogP contribution in [0.25, 0.3) is 5.70 Å². The van der Waals surface area contributed by atoms with Crippen molar-refractivity contribution in [3.05, 3.63) is 83.1 Å². The molecule has 35 heavy (non-hydrogen) atoms. The number of hydrogen-bond donors (Lipinski definition) is 2. The number of methoxy groups -OCH3 is 1. The van der Waals surface area contributed by atoms with Gasteiger partial charge in [-0.1, -0.05) is 18.2 Å². The van der Waals surface area contributed by atoms with Crippen molar-refractivity contribution in [1.29, 1.82) is 0 Å². The first-order chi connectivity index (χ1) is 16.6. The third kappa shape index (κ3) is 4.58. The maximum Gasteiger partial charge on any atom is 0.416 e. The van der Waals surface area contributed by atoms with Crippen LogP contribution in [0.5, 0.6) is 0 Å². The lowest BCUT2D eigenvalue weighted by Crippen LogP contribution is -2.36. The molecule has 1 aromatic heterocycles. The molecule has 1 aliphatic rings. The first kappa shape index (κ1) is 23.5. The van der Waals surface area contributed by atoms with Crippen LogP contribution in [0.15, 0.2) is 60.8 Å². The fourth-order valence-electron chi connectivity index (χ4n) is 3.59. The minimum Gasteiger partial charge on any atom is -0.477 e. The SMILES string of the molecule is COC(=O)N1CC=C(c2cccc(NC(=O)c3cccc(C(F)(F)F)c3)c2)n2ncc(C(=O)O)c21. The van der Waals surface area contributed by atoms with Crippen molar-refractivity contribution in [2.45, 2.75) is 6.18 Å². The summed E-state index contributed by atoms with van der Waals surface area (Å²) in [4.78, 5) is 37.5. The van der Waals surface area contributed by atoms with E-state index in [1.165, 1.54) is 17.9 Å². The number of fused-ring (bicyclic) bond motifs is 1. The molecule has 2 aromatic carbocycles. The van der Waals surface area contributed by atoms with Crippen LogP contribution in [-0.2, 0) is 10.9 Å². The molecule has 4 rings (SSSR count). The maximum absolute atomic E-state index is 13.0. The number of carbonyl (C=O) groups is 3. The van der Waals surface area contributed by atoms with Crippen LogP contribution in [-0.4, -0.2) is 46.5 Å². The highest BCUT2D eigenvalue weighted by Gasteiger charge is 2.32. The van der Waals surface area contributed by atoms with Gasteiger partial charge in [-0.3, -0.25) is 9.69 Å². The Bertz CT molecular complexity index is 1360. The van der Waals surface area contributed by atoms with Gasteiger partial charge in [-0.05, 0) is 36.4 Å². The second-order valence-corrected chi connectivity index (χ2v) is 7.38. The fraction of sp³-hybridized carbons (Fsp3) is 0.130. The van der Waals surface area contributed by atoms with Crippen molar-refractivity contribution in [1.82, 2.24) is 9.78 Å². The van der Waals surface area contributed by atoms with Crippen LogP contribution < -0.4 is 10.2 Å². The van der Waals surface area contributed by atoms with Crippen LogP contribution in [0, 0.1) is 0 Å². The van der Waals surface area contributed by atoms with Crippen LogP contribution in [0.1, 0.15) is 31.8 Å². The zero-order valence-electron chi connectivity index (χ0n) is 18.0. The molecule has 0 saturated heterocycles. The number of alkyl halides is 3. The Hall–Kier alpha value is -4.61. The third-order valence-electron chi connectivity index (χ3n) is 5.19. The Balaban J connectivity index is 1.65. The molecule has 0 fully saturated rings. The number of amides is 2. The van der Waals surface area contributed by atoms with Crippen molar-refractivity contribution in [3.8, 4) is 0 Å². The normalized spacial score (nSPS) is 13.0. The van der Waals surface area contributed by atoms with Crippen molar-refractivity contribution in [3.63, 3.8) is 0 Å². The van der Waals surface area contributed by atoms with Crippen molar-refractivity contribution < 1.29 is 37.4 Å². The number of rotatable bonds is 4. The van der Waals surface area contributed by atoms with Gasteiger partial charge in [0.2, 0.25) is 0 Å². The van der Waals surface area contributed by atoms with E-state index in [0.717, 1.165) is 29.3 Å². The van der Waals surface area contributed by atoms with E-state index in [1.807, 2.05) is 0 Å². The Morgan fingerprint density at radius 1 is 1.11 bits per heavy atom. The lowest BCUT2D eigenvalue weighted by molar-refractivity contribution is -0.137. The summed E-state index contributed by atoms with van der Waals surface area (Å²) in [5.41, 5.74) is -0.0954. The summed E-state index contributed by atoms with van der Waals surface area (Å²) in [6, 6.07) is 10.4. The van der Waals surface area contributed by atoms with E-state index in [2.05, 4.69) is 10.4 Å². The number of aromatic nitrogens is 2. The number of aromatic carboxylic acids is 1. The monoisotopic (exact) mass is 486 g/mol. The molecule has 0 saturated carbocycles. The quantitative estimate of drug-likeness (QED) is 0.568. The average Bonchev–Trinajstić information content (AvgIpc) is 3.28. The first-order valence-corrected chi connectivity index (χ1v) is 10.1. The van der Waals surface area contributed by atoms with Crippen LogP contribution in [0.4, 0.5) is 29.5 Å². The van der Waals surface area contributed by atoms with E-state index in [0.29, 0.717) is 11.3 Å². The zero-order chi connectivity index (χ0) is 25.3. The van der Waals surface area contributed by atoms with E-state index in [1.54, 1.807) is 30.3 Å². The summed E-state index contributed by atoms with van der Waals surface area (Å²) < 4.78 is 44.9. The molecule has 2 amide bonds. The minimum absolute atomic E-state index is 0.000235. The molecular formula is C23H17F3N4O5. The lowest BCUT2D eigenvalue weighted by Gasteiger charge is -2.27. The average molecular weight is 486 g/mol. The molecule has 0 bridgehead atoms. The number of ether oxygens (including phenoxy) is 1. The number of hydrogen-bond acceptors (Lipinski definition) is 5. The van der Waals surface area contributed by atoms with E-state index in [4.69, 9.17) is 4.74 Å². The number of anilines is 2. The summed E-state index contributed by atoms with van der Waals surface area (Å²) in [6.07, 6.45) is -2.63. The number of carboxylic acid groups (broad SMARTS) is 1. The van der Waals surface area contributed by atoms with Gasteiger partial charge in [0.15, 0.2) is 5.82 Å². The number of benzene rings is 2. The van der Waals surface area contributed by atoms with Gasteiger partial charge in [0, 0.05) is 16.8 Å². The number of nitrogens with one attached hydrogen (secondary N) is 1. The molecule has 3 aromatic rings. The summed E-state index contributed by atoms with van der Waals surface area (Å²) in [5, 5.41) is 16.2. The van der Waals surface area contributed by atoms with E-state index < -0.39 is 29.7 Å². The standard InChI is InChI=1S/C23H17F3N4O5/c1-35-22(34)29-9-8-18(30-20(29)17(12-27-30)21(32)33)13-4-3-7-16(11-13)28-19(31)14-5-2-6-15(10-14)23(24,25)26/h2-8,10-12H,9H2,1H3,(H,28,31)(H,32,33). The molecule has 9 nitrogen and oxygen atoms in total. The first-order valence-electron chi connectivity index (χ1n) is 10.1. The lowest BCUT2D eigenvalue weighted by atomic mass is 10.1. The van der Waals surface area contributed by atoms with Crippen molar-refractivity contribution in [2.24, 2.45) is 0 Å². The summed E-state index contributed by atoms with van der Waals surface area (Å²) in [7, 11) is 1.17. The van der Waals surface area contributed by atoms with Crippen molar-refractivity contribution >= 4 is 35.2 Å². The molecule has 180 valence electrons. The van der Waals surface area contributed by atoms with E-state index >= 15 is 0 Å². The molecule has 0 aliphatic carbocycles. The molecule has 0 atom stereocenters. The summed E-state index contributed by atoms with van der Waals surface area (Å²) in [6.45, 7) is -0.00516. The molecule has 2 N–H and O–H groups in total. The molecule has 0 unspecified atom stereocenters. The number of halogens is 3.